The van der Waals surface area contributed by atoms with Crippen molar-refractivity contribution in [3.63, 3.8) is 0 Å². The van der Waals surface area contributed by atoms with Crippen molar-refractivity contribution in [3.8, 4) is 11.5 Å². The molecule has 1 atom stereocenters. The van der Waals surface area contributed by atoms with Crippen LogP contribution in [0, 0.1) is 0 Å². The summed E-state index contributed by atoms with van der Waals surface area (Å²) in [4.78, 5) is 12.2. The van der Waals surface area contributed by atoms with Crippen molar-refractivity contribution in [2.45, 2.75) is 19.0 Å². The van der Waals surface area contributed by atoms with Gasteiger partial charge in [-0.25, -0.2) is 13.4 Å². The molecule has 1 aliphatic heterocycles. The van der Waals surface area contributed by atoms with E-state index in [2.05, 4.69) is 25.4 Å². The molecule has 1 aliphatic rings. The lowest BCUT2D eigenvalue weighted by atomic mass is 10.3. The summed E-state index contributed by atoms with van der Waals surface area (Å²) in [5.74, 6) is 1.17. The van der Waals surface area contributed by atoms with Crippen LogP contribution in [-0.4, -0.2) is 46.1 Å². The molecule has 0 bridgehead atoms. The number of nitrogens with one attached hydrogen (secondary N) is 1. The molecule has 20 heavy (non-hydrogen) atoms. The van der Waals surface area contributed by atoms with Crippen molar-refractivity contribution in [1.82, 2.24) is 25.4 Å². The second-order valence-corrected chi connectivity index (χ2v) is 6.81. The van der Waals surface area contributed by atoms with Crippen LogP contribution in [0.2, 0.25) is 0 Å². The molecular formula is C11H13N5O3S. The first kappa shape index (κ1) is 13.1. The average molecular weight is 295 g/mol. The Hall–Kier alpha value is -1.87. The van der Waals surface area contributed by atoms with E-state index in [1.165, 1.54) is 0 Å². The highest BCUT2D eigenvalue weighted by molar-refractivity contribution is 7.91. The van der Waals surface area contributed by atoms with Crippen molar-refractivity contribution in [2.24, 2.45) is 0 Å². The van der Waals surface area contributed by atoms with Crippen LogP contribution < -0.4 is 5.32 Å². The molecule has 1 N–H and O–H groups in total. The van der Waals surface area contributed by atoms with E-state index in [1.54, 1.807) is 18.6 Å². The summed E-state index contributed by atoms with van der Waals surface area (Å²) in [6, 6.07) is -0.0492. The maximum atomic E-state index is 11.3. The topological polar surface area (TPSA) is 111 Å². The molecule has 0 aliphatic carbocycles. The molecule has 0 amide bonds. The van der Waals surface area contributed by atoms with Gasteiger partial charge >= 0.3 is 0 Å². The number of aromatic nitrogens is 4. The molecule has 9 heteroatoms. The van der Waals surface area contributed by atoms with Crippen molar-refractivity contribution >= 4 is 9.84 Å². The van der Waals surface area contributed by atoms with Gasteiger partial charge in [-0.05, 0) is 6.42 Å². The van der Waals surface area contributed by atoms with Gasteiger partial charge in [0.25, 0.3) is 0 Å². The highest BCUT2D eigenvalue weighted by Crippen LogP contribution is 2.13. The molecule has 8 nitrogen and oxygen atoms in total. The van der Waals surface area contributed by atoms with E-state index in [9.17, 15) is 8.42 Å². The van der Waals surface area contributed by atoms with Gasteiger partial charge in [0.15, 0.2) is 9.84 Å². The fourth-order valence-electron chi connectivity index (χ4n) is 2.03. The number of hydrogen-bond acceptors (Lipinski definition) is 8. The van der Waals surface area contributed by atoms with E-state index in [1.807, 2.05) is 0 Å². The number of rotatable bonds is 4. The molecule has 0 aromatic carbocycles. The van der Waals surface area contributed by atoms with Crippen LogP contribution in [0.4, 0.5) is 0 Å². The molecular weight excluding hydrogens is 282 g/mol. The van der Waals surface area contributed by atoms with Crippen LogP contribution in [0.25, 0.3) is 11.5 Å². The first-order valence-corrected chi connectivity index (χ1v) is 7.97. The molecule has 1 saturated heterocycles. The zero-order chi connectivity index (χ0) is 14.0. The van der Waals surface area contributed by atoms with Crippen LogP contribution in [0.5, 0.6) is 0 Å². The predicted molar refractivity (Wildman–Crippen MR) is 69.2 cm³/mol. The molecule has 2 aromatic heterocycles. The maximum Gasteiger partial charge on any atom is 0.240 e. The third kappa shape index (κ3) is 2.99. The second kappa shape index (κ2) is 5.25. The lowest BCUT2D eigenvalue weighted by molar-refractivity contribution is 0.360. The van der Waals surface area contributed by atoms with E-state index in [0.29, 0.717) is 30.4 Å². The first-order chi connectivity index (χ1) is 9.62. The van der Waals surface area contributed by atoms with Crippen molar-refractivity contribution in [2.75, 3.05) is 11.5 Å². The zero-order valence-corrected chi connectivity index (χ0v) is 11.4. The highest BCUT2D eigenvalue weighted by Gasteiger charge is 2.27. The molecule has 0 radical (unpaired) electrons. The Morgan fingerprint density at radius 2 is 2.30 bits per heavy atom. The monoisotopic (exact) mass is 295 g/mol. The number of sulfone groups is 1. The standard InChI is InChI=1S/C11H13N5O3S/c17-20(18)4-1-8(7-20)14-6-10-15-11(16-19-10)9-5-12-2-3-13-9/h2-3,5,8,14H,1,4,6-7H2. The molecule has 0 saturated carbocycles. The minimum absolute atomic E-state index is 0.0492. The molecule has 3 heterocycles. The summed E-state index contributed by atoms with van der Waals surface area (Å²) in [5.41, 5.74) is 0.533. The summed E-state index contributed by atoms with van der Waals surface area (Å²) in [6.45, 7) is 0.341. The predicted octanol–water partition coefficient (Wildman–Crippen LogP) is -0.197. The largest absolute Gasteiger partial charge is 0.337 e. The molecule has 1 fully saturated rings. The van der Waals surface area contributed by atoms with E-state index in [-0.39, 0.29) is 17.5 Å². The van der Waals surface area contributed by atoms with E-state index < -0.39 is 9.84 Å². The van der Waals surface area contributed by atoms with Gasteiger partial charge in [0.05, 0.1) is 24.2 Å². The minimum atomic E-state index is -2.89. The van der Waals surface area contributed by atoms with E-state index in [4.69, 9.17) is 4.52 Å². The van der Waals surface area contributed by atoms with Gasteiger partial charge in [0.2, 0.25) is 11.7 Å². The molecule has 1 unspecified atom stereocenters. The third-order valence-corrected chi connectivity index (χ3v) is 4.80. The Kier molecular flexibility index (Phi) is 3.45. The molecule has 106 valence electrons. The van der Waals surface area contributed by atoms with Crippen molar-refractivity contribution in [3.05, 3.63) is 24.5 Å². The minimum Gasteiger partial charge on any atom is -0.337 e. The van der Waals surface area contributed by atoms with Crippen molar-refractivity contribution < 1.29 is 12.9 Å². The van der Waals surface area contributed by atoms with Gasteiger partial charge in [0.1, 0.15) is 5.69 Å². The molecule has 3 rings (SSSR count). The van der Waals surface area contributed by atoms with Crippen LogP contribution >= 0.6 is 0 Å². The van der Waals surface area contributed by atoms with Gasteiger partial charge < -0.3 is 9.84 Å². The van der Waals surface area contributed by atoms with Gasteiger partial charge in [-0.1, -0.05) is 5.16 Å². The normalized spacial score (nSPS) is 21.1. The fourth-order valence-corrected chi connectivity index (χ4v) is 3.74. The third-order valence-electron chi connectivity index (χ3n) is 3.03. The number of hydrogen-bond donors (Lipinski definition) is 1. The number of nitrogens with zero attached hydrogens (tertiary/aromatic N) is 4. The van der Waals surface area contributed by atoms with Crippen LogP contribution in [0.3, 0.4) is 0 Å². The highest BCUT2D eigenvalue weighted by atomic mass is 32.2. The Labute approximate surface area is 115 Å². The summed E-state index contributed by atoms with van der Waals surface area (Å²) in [6.07, 6.45) is 5.28. The van der Waals surface area contributed by atoms with Gasteiger partial charge in [-0.2, -0.15) is 4.98 Å². The smallest absolute Gasteiger partial charge is 0.240 e. The zero-order valence-electron chi connectivity index (χ0n) is 10.6. The lowest BCUT2D eigenvalue weighted by Gasteiger charge is -2.06. The van der Waals surface area contributed by atoms with Gasteiger partial charge in [0, 0.05) is 18.4 Å². The molecule has 0 spiro atoms. The average Bonchev–Trinajstić information content (AvgIpc) is 3.04. The first-order valence-electron chi connectivity index (χ1n) is 6.15. The van der Waals surface area contributed by atoms with Gasteiger partial charge in [-0.3, -0.25) is 4.98 Å². The summed E-state index contributed by atoms with van der Waals surface area (Å²) < 4.78 is 27.8. The maximum absolute atomic E-state index is 11.3. The Balaban J connectivity index is 1.61. The van der Waals surface area contributed by atoms with E-state index in [0.717, 1.165) is 0 Å². The summed E-state index contributed by atoms with van der Waals surface area (Å²) in [5, 5.41) is 6.92. The fraction of sp³-hybridized carbons (Fsp3) is 0.455. The van der Waals surface area contributed by atoms with Crippen LogP contribution in [0.15, 0.2) is 23.1 Å². The Morgan fingerprint density at radius 1 is 1.40 bits per heavy atom. The lowest BCUT2D eigenvalue weighted by Crippen LogP contribution is -2.29. The Morgan fingerprint density at radius 3 is 3.00 bits per heavy atom. The van der Waals surface area contributed by atoms with Gasteiger partial charge in [-0.15, -0.1) is 0 Å². The summed E-state index contributed by atoms with van der Waals surface area (Å²) in [7, 11) is -2.89. The quantitative estimate of drug-likeness (QED) is 0.825. The van der Waals surface area contributed by atoms with Crippen molar-refractivity contribution in [1.29, 1.82) is 0 Å². The summed E-state index contributed by atoms with van der Waals surface area (Å²) >= 11 is 0. The van der Waals surface area contributed by atoms with Crippen LogP contribution in [-0.2, 0) is 16.4 Å². The second-order valence-electron chi connectivity index (χ2n) is 4.58. The van der Waals surface area contributed by atoms with E-state index >= 15 is 0 Å². The Bertz CT molecular complexity index is 685. The SMILES string of the molecule is O=S1(=O)CCC(NCc2nc(-c3cnccn3)no2)C1. The van der Waals surface area contributed by atoms with Crippen LogP contribution in [0.1, 0.15) is 12.3 Å². The molecule has 2 aromatic rings.